The zero-order valence-electron chi connectivity index (χ0n) is 20.0. The van der Waals surface area contributed by atoms with E-state index in [0.717, 1.165) is 49.8 Å². The highest BCUT2D eigenvalue weighted by molar-refractivity contribution is 6.30. The number of benzene rings is 3. The van der Waals surface area contributed by atoms with Gasteiger partial charge in [0.05, 0.1) is 6.61 Å². The Morgan fingerprint density at radius 3 is 2.41 bits per heavy atom. The second-order valence-corrected chi connectivity index (χ2v) is 9.46. The van der Waals surface area contributed by atoms with E-state index >= 15 is 0 Å². The van der Waals surface area contributed by atoms with Crippen LogP contribution in [0.2, 0.25) is 5.02 Å². The summed E-state index contributed by atoms with van der Waals surface area (Å²) in [4.78, 5) is 2.48. The highest BCUT2D eigenvalue weighted by atomic mass is 35.5. The van der Waals surface area contributed by atoms with Gasteiger partial charge in [-0.05, 0) is 67.2 Å². The van der Waals surface area contributed by atoms with Crippen LogP contribution in [0.5, 0.6) is 5.75 Å². The third kappa shape index (κ3) is 6.99. The summed E-state index contributed by atoms with van der Waals surface area (Å²) >= 11 is 6.21. The Labute approximate surface area is 208 Å². The van der Waals surface area contributed by atoms with Gasteiger partial charge < -0.3 is 19.7 Å². The second-order valence-electron chi connectivity index (χ2n) is 9.03. The third-order valence-electron chi connectivity index (χ3n) is 6.55. The molecule has 3 aromatic rings. The van der Waals surface area contributed by atoms with Crippen molar-refractivity contribution in [1.29, 1.82) is 0 Å². The molecule has 1 saturated heterocycles. The summed E-state index contributed by atoms with van der Waals surface area (Å²) in [7, 11) is 1.72. The summed E-state index contributed by atoms with van der Waals surface area (Å²) in [5.74, 6) is 2.12. The average Bonchev–Trinajstić information content (AvgIpc) is 3.30. The number of para-hydroxylation sites is 1. The molecule has 0 radical (unpaired) electrons. The minimum atomic E-state index is 0.561. The van der Waals surface area contributed by atoms with Gasteiger partial charge in [-0.25, -0.2) is 0 Å². The molecule has 0 unspecified atom stereocenters. The molecule has 1 aliphatic heterocycles. The lowest BCUT2D eigenvalue weighted by Gasteiger charge is -2.31. The number of halogens is 1. The number of hydrogen-bond donors (Lipinski definition) is 1. The summed E-state index contributed by atoms with van der Waals surface area (Å²) < 4.78 is 11.3. The number of methoxy groups -OCH3 is 1. The van der Waals surface area contributed by atoms with Gasteiger partial charge in [0.2, 0.25) is 0 Å². The molecule has 1 N–H and O–H groups in total. The van der Waals surface area contributed by atoms with Crippen molar-refractivity contribution in [2.75, 3.05) is 44.9 Å². The van der Waals surface area contributed by atoms with Crippen LogP contribution in [0.4, 0.5) is 5.69 Å². The Kier molecular flexibility index (Phi) is 9.26. The summed E-state index contributed by atoms with van der Waals surface area (Å²) in [6, 6.07) is 27.4. The van der Waals surface area contributed by atoms with Crippen LogP contribution in [-0.4, -0.2) is 40.0 Å². The highest BCUT2D eigenvalue weighted by Crippen LogP contribution is 2.29. The quantitative estimate of drug-likeness (QED) is 0.331. The van der Waals surface area contributed by atoms with E-state index in [9.17, 15) is 0 Å². The fourth-order valence-electron chi connectivity index (χ4n) is 4.72. The van der Waals surface area contributed by atoms with E-state index in [2.05, 4.69) is 70.9 Å². The first-order valence-corrected chi connectivity index (χ1v) is 12.6. The van der Waals surface area contributed by atoms with E-state index in [1.54, 1.807) is 7.11 Å². The first kappa shape index (κ1) is 24.6. The van der Waals surface area contributed by atoms with Gasteiger partial charge in [0.1, 0.15) is 5.75 Å². The molecule has 1 fully saturated rings. The number of rotatable bonds is 12. The van der Waals surface area contributed by atoms with Crippen LogP contribution in [0.3, 0.4) is 0 Å². The molecule has 4 nitrogen and oxygen atoms in total. The molecular weight excluding hydrogens is 444 g/mol. The number of nitrogens with zero attached hydrogens (tertiary/aromatic N) is 1. The molecule has 1 aliphatic rings. The van der Waals surface area contributed by atoms with Gasteiger partial charge in [0, 0.05) is 49.5 Å². The molecule has 2 atom stereocenters. The lowest BCUT2D eigenvalue weighted by Crippen LogP contribution is -2.33. The zero-order chi connectivity index (χ0) is 23.6. The fourth-order valence-corrected chi connectivity index (χ4v) is 4.85. The molecule has 4 rings (SSSR count). The molecular formula is C29H35ClN2O2. The van der Waals surface area contributed by atoms with Crippen LogP contribution < -0.4 is 15.0 Å². The first-order valence-electron chi connectivity index (χ1n) is 12.2. The van der Waals surface area contributed by atoms with Crippen molar-refractivity contribution in [2.45, 2.75) is 19.4 Å². The SMILES string of the molecule is COCCCOc1ccccc1CN(C[C@H]1CNC[C@@H]1Cc1ccccc1)c1ccc(Cl)cc1. The maximum atomic E-state index is 6.21. The molecule has 180 valence electrons. The zero-order valence-corrected chi connectivity index (χ0v) is 20.7. The van der Waals surface area contributed by atoms with Gasteiger partial charge in [-0.15, -0.1) is 0 Å². The predicted octanol–water partition coefficient (Wildman–Crippen LogP) is 5.84. The lowest BCUT2D eigenvalue weighted by molar-refractivity contribution is 0.172. The predicted molar refractivity (Wildman–Crippen MR) is 141 cm³/mol. The average molecular weight is 479 g/mol. The second kappa shape index (κ2) is 12.8. The number of hydrogen-bond acceptors (Lipinski definition) is 4. The molecule has 0 amide bonds. The van der Waals surface area contributed by atoms with Gasteiger partial charge in [0.25, 0.3) is 0 Å². The summed E-state index contributed by atoms with van der Waals surface area (Å²) in [6.45, 7) is 5.22. The van der Waals surface area contributed by atoms with Crippen molar-refractivity contribution < 1.29 is 9.47 Å². The molecule has 1 heterocycles. The van der Waals surface area contributed by atoms with E-state index in [4.69, 9.17) is 21.1 Å². The maximum absolute atomic E-state index is 6.21. The van der Waals surface area contributed by atoms with Crippen molar-refractivity contribution in [3.05, 3.63) is 95.0 Å². The van der Waals surface area contributed by atoms with Gasteiger partial charge >= 0.3 is 0 Å². The van der Waals surface area contributed by atoms with Gasteiger partial charge in [-0.3, -0.25) is 0 Å². The Morgan fingerprint density at radius 1 is 0.882 bits per heavy atom. The summed E-state index contributed by atoms with van der Waals surface area (Å²) in [6.07, 6.45) is 1.98. The van der Waals surface area contributed by atoms with Crippen molar-refractivity contribution >= 4 is 17.3 Å². The minimum Gasteiger partial charge on any atom is -0.493 e. The first-order chi connectivity index (χ1) is 16.7. The fraction of sp³-hybridized carbons (Fsp3) is 0.379. The lowest BCUT2D eigenvalue weighted by atomic mass is 9.89. The molecule has 0 aromatic heterocycles. The van der Waals surface area contributed by atoms with Crippen LogP contribution in [0, 0.1) is 11.8 Å². The monoisotopic (exact) mass is 478 g/mol. The van der Waals surface area contributed by atoms with Crippen LogP contribution >= 0.6 is 11.6 Å². The normalized spacial score (nSPS) is 17.6. The van der Waals surface area contributed by atoms with Crippen molar-refractivity contribution in [1.82, 2.24) is 5.32 Å². The minimum absolute atomic E-state index is 0.561. The van der Waals surface area contributed by atoms with E-state index in [1.165, 1.54) is 16.8 Å². The Morgan fingerprint density at radius 2 is 1.62 bits per heavy atom. The number of nitrogens with one attached hydrogen (secondary N) is 1. The Balaban J connectivity index is 1.51. The van der Waals surface area contributed by atoms with E-state index in [0.29, 0.717) is 25.0 Å². The number of anilines is 1. The van der Waals surface area contributed by atoms with E-state index in [1.807, 2.05) is 18.2 Å². The van der Waals surface area contributed by atoms with Crippen molar-refractivity contribution in [3.8, 4) is 5.75 Å². The Bertz CT molecular complexity index is 997. The van der Waals surface area contributed by atoms with Gasteiger partial charge in [-0.2, -0.15) is 0 Å². The van der Waals surface area contributed by atoms with Gasteiger partial charge in [-0.1, -0.05) is 60.1 Å². The van der Waals surface area contributed by atoms with Gasteiger partial charge in [0.15, 0.2) is 0 Å². The van der Waals surface area contributed by atoms with E-state index in [-0.39, 0.29) is 0 Å². The van der Waals surface area contributed by atoms with Crippen molar-refractivity contribution in [2.24, 2.45) is 11.8 Å². The van der Waals surface area contributed by atoms with Crippen LogP contribution in [0.25, 0.3) is 0 Å². The molecule has 0 bridgehead atoms. The summed E-state index contributed by atoms with van der Waals surface area (Å²) in [5, 5.41) is 4.40. The molecule has 5 heteroatoms. The van der Waals surface area contributed by atoms with Crippen LogP contribution in [0.15, 0.2) is 78.9 Å². The molecule has 0 saturated carbocycles. The van der Waals surface area contributed by atoms with E-state index < -0.39 is 0 Å². The number of ether oxygens (including phenoxy) is 2. The topological polar surface area (TPSA) is 33.7 Å². The highest BCUT2D eigenvalue weighted by Gasteiger charge is 2.29. The standard InChI is InChI=1S/C29H35ClN2O2/c1-33-16-7-17-34-29-11-6-5-10-24(29)21-32(28-14-12-27(30)13-15-28)22-26-20-31-19-25(26)18-23-8-3-2-4-9-23/h2-6,8-15,25-26,31H,7,16-22H2,1H3/t25-,26+/m0/s1. The molecule has 0 spiro atoms. The maximum Gasteiger partial charge on any atom is 0.124 e. The third-order valence-corrected chi connectivity index (χ3v) is 6.80. The molecule has 34 heavy (non-hydrogen) atoms. The molecule has 3 aromatic carbocycles. The van der Waals surface area contributed by atoms with Crippen molar-refractivity contribution in [3.63, 3.8) is 0 Å². The molecule has 0 aliphatic carbocycles. The smallest absolute Gasteiger partial charge is 0.124 e. The summed E-state index contributed by atoms with van der Waals surface area (Å²) in [5.41, 5.74) is 3.79. The van der Waals surface area contributed by atoms with Crippen LogP contribution in [0.1, 0.15) is 17.5 Å². The Hall–Kier alpha value is -2.53. The largest absolute Gasteiger partial charge is 0.493 e. The van der Waals surface area contributed by atoms with Crippen LogP contribution in [-0.2, 0) is 17.7 Å².